The Morgan fingerprint density at radius 3 is 2.36 bits per heavy atom. The van der Waals surface area contributed by atoms with Gasteiger partial charge in [0.05, 0.1) is 4.90 Å². The third-order valence-corrected chi connectivity index (χ3v) is 2.33. The van der Waals surface area contributed by atoms with Crippen molar-refractivity contribution < 1.29 is 23.1 Å². The zero-order chi connectivity index (χ0) is 10.9. The van der Waals surface area contributed by atoms with Gasteiger partial charge in [-0.3, -0.25) is 0 Å². The maximum Gasteiger partial charge on any atom is 0.338 e. The Bertz CT molecular complexity index is 393. The predicted molar refractivity (Wildman–Crippen MR) is 45.1 cm³/mol. The molecule has 0 aliphatic heterocycles. The number of carboxylic acids is 1. The molecule has 14 heavy (non-hydrogen) atoms. The van der Waals surface area contributed by atoms with Crippen LogP contribution >= 0.6 is 11.8 Å². The van der Waals surface area contributed by atoms with Gasteiger partial charge in [-0.2, -0.15) is 0 Å². The number of halogens is 3. The Balaban J connectivity index is 3.47. The molecule has 0 saturated heterocycles. The van der Waals surface area contributed by atoms with E-state index in [2.05, 4.69) is 0 Å². The summed E-state index contributed by atoms with van der Waals surface area (Å²) in [6.07, 6.45) is 1.36. The van der Waals surface area contributed by atoms with Crippen molar-refractivity contribution in [2.45, 2.75) is 4.90 Å². The number of benzene rings is 1. The van der Waals surface area contributed by atoms with Gasteiger partial charge in [-0.15, -0.1) is 11.8 Å². The van der Waals surface area contributed by atoms with Gasteiger partial charge in [0.25, 0.3) is 0 Å². The lowest BCUT2D eigenvalue weighted by atomic mass is 10.2. The molecule has 0 saturated carbocycles. The molecule has 0 bridgehead atoms. The summed E-state index contributed by atoms with van der Waals surface area (Å²) < 4.78 is 38.9. The molecule has 0 aliphatic carbocycles. The fourth-order valence-corrected chi connectivity index (χ4v) is 1.44. The molecule has 2 nitrogen and oxygen atoms in total. The van der Waals surface area contributed by atoms with Crippen molar-refractivity contribution in [2.75, 3.05) is 6.26 Å². The fraction of sp³-hybridized carbons (Fsp3) is 0.125. The summed E-state index contributed by atoms with van der Waals surface area (Å²) in [6, 6.07) is 0.465. The summed E-state index contributed by atoms with van der Waals surface area (Å²) in [7, 11) is 0. The van der Waals surface area contributed by atoms with Crippen molar-refractivity contribution in [3.63, 3.8) is 0 Å². The van der Waals surface area contributed by atoms with Crippen molar-refractivity contribution >= 4 is 17.7 Å². The average molecular weight is 222 g/mol. The molecule has 0 radical (unpaired) electrons. The first-order valence-corrected chi connectivity index (χ1v) is 4.66. The third kappa shape index (κ3) is 1.70. The number of thioether (sulfide) groups is 1. The van der Waals surface area contributed by atoms with Crippen LogP contribution < -0.4 is 0 Å². The van der Waals surface area contributed by atoms with Crippen molar-refractivity contribution in [1.82, 2.24) is 0 Å². The lowest BCUT2D eigenvalue weighted by molar-refractivity contribution is 0.0689. The molecular weight excluding hydrogens is 217 g/mol. The standard InChI is InChI=1S/C8H5F3O2S/c1-14-7-4(9)2-3(8(12)13)5(10)6(7)11/h2H,1H3,(H,12,13). The van der Waals surface area contributed by atoms with E-state index in [1.165, 1.54) is 6.26 Å². The molecule has 0 amide bonds. The number of carbonyl (C=O) groups is 1. The number of hydrogen-bond donors (Lipinski definition) is 1. The average Bonchev–Trinajstić information content (AvgIpc) is 2.12. The van der Waals surface area contributed by atoms with Gasteiger partial charge in [0.2, 0.25) is 0 Å². The van der Waals surface area contributed by atoms with E-state index < -0.39 is 33.9 Å². The lowest BCUT2D eigenvalue weighted by Gasteiger charge is -2.04. The largest absolute Gasteiger partial charge is 0.478 e. The van der Waals surface area contributed by atoms with Crippen molar-refractivity contribution in [1.29, 1.82) is 0 Å². The first-order valence-electron chi connectivity index (χ1n) is 3.43. The third-order valence-electron chi connectivity index (χ3n) is 1.55. The van der Waals surface area contributed by atoms with Gasteiger partial charge >= 0.3 is 5.97 Å². The van der Waals surface area contributed by atoms with Crippen LogP contribution in [0, 0.1) is 17.5 Å². The lowest BCUT2D eigenvalue weighted by Crippen LogP contribution is -2.05. The smallest absolute Gasteiger partial charge is 0.338 e. The van der Waals surface area contributed by atoms with Crippen molar-refractivity contribution in [3.8, 4) is 0 Å². The molecule has 0 atom stereocenters. The highest BCUT2D eigenvalue weighted by molar-refractivity contribution is 7.98. The Hall–Kier alpha value is -1.17. The van der Waals surface area contributed by atoms with Crippen molar-refractivity contribution in [2.24, 2.45) is 0 Å². The molecule has 0 fully saturated rings. The maximum atomic E-state index is 13.0. The highest BCUT2D eigenvalue weighted by Crippen LogP contribution is 2.27. The van der Waals surface area contributed by atoms with Gasteiger partial charge in [-0.05, 0) is 12.3 Å². The molecule has 1 aromatic carbocycles. The van der Waals surface area contributed by atoms with E-state index in [0.29, 0.717) is 17.8 Å². The predicted octanol–water partition coefficient (Wildman–Crippen LogP) is 2.52. The van der Waals surface area contributed by atoms with Crippen LogP contribution in [-0.2, 0) is 0 Å². The first kappa shape index (κ1) is 10.9. The fourth-order valence-electron chi connectivity index (χ4n) is 0.921. The minimum absolute atomic E-state index is 0.465. The van der Waals surface area contributed by atoms with Crippen LogP contribution in [-0.4, -0.2) is 17.3 Å². The monoisotopic (exact) mass is 222 g/mol. The van der Waals surface area contributed by atoms with Crippen LogP contribution in [0.2, 0.25) is 0 Å². The van der Waals surface area contributed by atoms with Gasteiger partial charge in [0.15, 0.2) is 11.6 Å². The highest BCUT2D eigenvalue weighted by atomic mass is 32.2. The summed E-state index contributed by atoms with van der Waals surface area (Å²) in [6.45, 7) is 0. The van der Waals surface area contributed by atoms with Crippen molar-refractivity contribution in [3.05, 3.63) is 29.1 Å². The molecule has 1 aromatic rings. The van der Waals surface area contributed by atoms with Crippen LogP contribution in [0.15, 0.2) is 11.0 Å². The first-order chi connectivity index (χ1) is 6.49. The molecule has 76 valence electrons. The van der Waals surface area contributed by atoms with Crippen LogP contribution in [0.4, 0.5) is 13.2 Å². The van der Waals surface area contributed by atoms with Gasteiger partial charge in [0.1, 0.15) is 11.4 Å². The van der Waals surface area contributed by atoms with Crippen LogP contribution in [0.5, 0.6) is 0 Å². The molecule has 6 heteroatoms. The second-order valence-electron chi connectivity index (χ2n) is 2.37. The minimum atomic E-state index is -1.70. The SMILES string of the molecule is CSc1c(F)cc(C(=O)O)c(F)c1F. The number of aromatic carboxylic acids is 1. The summed E-state index contributed by atoms with van der Waals surface area (Å²) >= 11 is 0.674. The van der Waals surface area contributed by atoms with Crippen LogP contribution in [0.1, 0.15) is 10.4 Å². The molecule has 0 aliphatic rings. The zero-order valence-electron chi connectivity index (χ0n) is 6.97. The van der Waals surface area contributed by atoms with Gasteiger partial charge < -0.3 is 5.11 Å². The van der Waals surface area contributed by atoms with Gasteiger partial charge in [-0.25, -0.2) is 18.0 Å². The normalized spacial score (nSPS) is 10.3. The quantitative estimate of drug-likeness (QED) is 0.617. The Labute approximate surface area is 81.7 Å². The van der Waals surface area contributed by atoms with Crippen LogP contribution in [0.25, 0.3) is 0 Å². The molecule has 0 spiro atoms. The van der Waals surface area contributed by atoms with Crippen LogP contribution in [0.3, 0.4) is 0 Å². The molecule has 1 N–H and O–H groups in total. The number of hydrogen-bond acceptors (Lipinski definition) is 2. The topological polar surface area (TPSA) is 37.3 Å². The summed E-state index contributed by atoms with van der Waals surface area (Å²) in [4.78, 5) is 9.82. The minimum Gasteiger partial charge on any atom is -0.478 e. The van der Waals surface area contributed by atoms with E-state index in [1.54, 1.807) is 0 Å². The van der Waals surface area contributed by atoms with Gasteiger partial charge in [0, 0.05) is 0 Å². The number of carboxylic acid groups (broad SMARTS) is 1. The van der Waals surface area contributed by atoms with E-state index in [9.17, 15) is 18.0 Å². The second-order valence-corrected chi connectivity index (χ2v) is 3.19. The summed E-state index contributed by atoms with van der Waals surface area (Å²) in [5.74, 6) is -5.78. The van der Waals surface area contributed by atoms with E-state index in [1.807, 2.05) is 0 Å². The maximum absolute atomic E-state index is 13.0. The van der Waals surface area contributed by atoms with E-state index in [-0.39, 0.29) is 0 Å². The molecule has 1 rings (SSSR count). The van der Waals surface area contributed by atoms with Gasteiger partial charge in [-0.1, -0.05) is 0 Å². The van der Waals surface area contributed by atoms with E-state index in [4.69, 9.17) is 5.11 Å². The van der Waals surface area contributed by atoms with E-state index in [0.717, 1.165) is 0 Å². The molecule has 0 heterocycles. The Kier molecular flexibility index (Phi) is 3.05. The molecular formula is C8H5F3O2S. The second kappa shape index (κ2) is 3.91. The highest BCUT2D eigenvalue weighted by Gasteiger charge is 2.21. The Morgan fingerprint density at radius 1 is 1.36 bits per heavy atom. The van der Waals surface area contributed by atoms with E-state index >= 15 is 0 Å². The Morgan fingerprint density at radius 2 is 1.93 bits per heavy atom. The molecule has 0 aromatic heterocycles. The zero-order valence-corrected chi connectivity index (χ0v) is 7.79. The summed E-state index contributed by atoms with van der Waals surface area (Å²) in [5.41, 5.74) is -1.00. The number of rotatable bonds is 2. The summed E-state index contributed by atoms with van der Waals surface area (Å²) in [5, 5.41) is 8.40. The molecule has 0 unspecified atom stereocenters.